The fourth-order valence-electron chi connectivity index (χ4n) is 4.14. The van der Waals surface area contributed by atoms with Crippen molar-refractivity contribution < 1.29 is 24.8 Å². The fraction of sp³-hybridized carbons (Fsp3) is 0.923. The third kappa shape index (κ3) is 15.1. The zero-order valence-corrected chi connectivity index (χ0v) is 20.1. The van der Waals surface area contributed by atoms with Gasteiger partial charge in [-0.25, -0.2) is 0 Å². The zero-order chi connectivity index (χ0) is 22.6. The van der Waals surface area contributed by atoms with Crippen LogP contribution in [0.4, 0.5) is 0 Å². The van der Waals surface area contributed by atoms with Crippen molar-refractivity contribution in [1.29, 1.82) is 0 Å². The number of rotatable bonds is 21. The molecule has 0 saturated carbocycles. The molecule has 31 heavy (non-hydrogen) atoms. The van der Waals surface area contributed by atoms with Crippen LogP contribution >= 0.6 is 0 Å². The highest BCUT2D eigenvalue weighted by Gasteiger charge is 2.39. The maximum Gasteiger partial charge on any atom is 0.114 e. The number of hydrogen-bond donors (Lipinski definition) is 3. The second kappa shape index (κ2) is 20.2. The largest absolute Gasteiger partial charge is 0.388 e. The Balaban J connectivity index is 1.77. The van der Waals surface area contributed by atoms with Crippen molar-refractivity contribution in [3.8, 4) is 0 Å². The molecular formula is C26H50O5. The fourth-order valence-corrected chi connectivity index (χ4v) is 4.14. The van der Waals surface area contributed by atoms with Gasteiger partial charge < -0.3 is 24.8 Å². The number of aliphatic hydroxyl groups excluding tert-OH is 3. The van der Waals surface area contributed by atoms with E-state index in [1.165, 1.54) is 96.3 Å². The van der Waals surface area contributed by atoms with Crippen molar-refractivity contribution >= 4 is 0 Å². The Morgan fingerprint density at radius 1 is 0.806 bits per heavy atom. The smallest absolute Gasteiger partial charge is 0.114 e. The van der Waals surface area contributed by atoms with E-state index in [1.54, 1.807) is 0 Å². The van der Waals surface area contributed by atoms with Crippen molar-refractivity contribution in [2.45, 2.75) is 134 Å². The molecule has 0 spiro atoms. The Morgan fingerprint density at radius 2 is 1.32 bits per heavy atom. The average molecular weight is 443 g/mol. The molecule has 3 N–H and O–H groups in total. The normalized spacial score (nSPS) is 22.5. The van der Waals surface area contributed by atoms with Crippen LogP contribution in [0.25, 0.3) is 0 Å². The summed E-state index contributed by atoms with van der Waals surface area (Å²) >= 11 is 0. The van der Waals surface area contributed by atoms with Crippen molar-refractivity contribution in [1.82, 2.24) is 0 Å². The zero-order valence-electron chi connectivity index (χ0n) is 20.1. The second-order valence-electron chi connectivity index (χ2n) is 9.17. The Labute approximate surface area is 191 Å². The van der Waals surface area contributed by atoms with Crippen molar-refractivity contribution in [2.24, 2.45) is 0 Å². The van der Waals surface area contributed by atoms with E-state index in [4.69, 9.17) is 9.47 Å². The van der Waals surface area contributed by atoms with Crippen molar-refractivity contribution in [3.05, 3.63) is 12.2 Å². The summed E-state index contributed by atoms with van der Waals surface area (Å²) in [5, 5.41) is 29.1. The molecule has 4 atom stereocenters. The summed E-state index contributed by atoms with van der Waals surface area (Å²) in [6.07, 6.45) is 22.3. The predicted molar refractivity (Wildman–Crippen MR) is 127 cm³/mol. The van der Waals surface area contributed by atoms with Gasteiger partial charge in [-0.2, -0.15) is 0 Å². The predicted octanol–water partition coefficient (Wildman–Crippen LogP) is 5.30. The van der Waals surface area contributed by atoms with E-state index in [-0.39, 0.29) is 13.2 Å². The number of aliphatic hydroxyl groups is 3. The number of hydrogen-bond acceptors (Lipinski definition) is 5. The van der Waals surface area contributed by atoms with Gasteiger partial charge in [-0.1, -0.05) is 109 Å². The Morgan fingerprint density at radius 3 is 1.81 bits per heavy atom. The topological polar surface area (TPSA) is 79.2 Å². The van der Waals surface area contributed by atoms with E-state index in [9.17, 15) is 15.3 Å². The highest BCUT2D eigenvalue weighted by atomic mass is 16.5. The molecule has 1 aliphatic heterocycles. The van der Waals surface area contributed by atoms with Crippen LogP contribution in [0.1, 0.15) is 110 Å². The maximum atomic E-state index is 9.94. The molecule has 184 valence electrons. The van der Waals surface area contributed by atoms with Crippen LogP contribution < -0.4 is 0 Å². The van der Waals surface area contributed by atoms with Gasteiger partial charge in [0.1, 0.15) is 24.4 Å². The molecule has 0 radical (unpaired) electrons. The van der Waals surface area contributed by atoms with E-state index < -0.39 is 24.4 Å². The summed E-state index contributed by atoms with van der Waals surface area (Å²) in [6.45, 7) is 2.88. The van der Waals surface area contributed by atoms with Crippen LogP contribution in [0.15, 0.2) is 12.2 Å². The second-order valence-corrected chi connectivity index (χ2v) is 9.17. The first-order valence-electron chi connectivity index (χ1n) is 13.0. The van der Waals surface area contributed by atoms with E-state index in [0.717, 1.165) is 6.42 Å². The minimum atomic E-state index is -1.04. The summed E-state index contributed by atoms with van der Waals surface area (Å²) in [4.78, 5) is 0. The lowest BCUT2D eigenvalue weighted by atomic mass is 10.0. The van der Waals surface area contributed by atoms with Gasteiger partial charge in [0.05, 0.1) is 19.8 Å². The molecule has 1 aliphatic rings. The molecule has 0 unspecified atom stereocenters. The molecule has 0 aromatic carbocycles. The summed E-state index contributed by atoms with van der Waals surface area (Å²) in [5.41, 5.74) is 0. The van der Waals surface area contributed by atoms with Crippen LogP contribution in [0.5, 0.6) is 0 Å². The Bertz CT molecular complexity index is 415. The van der Waals surface area contributed by atoms with Gasteiger partial charge in [-0.05, 0) is 12.8 Å². The lowest BCUT2D eigenvalue weighted by Crippen LogP contribution is -2.40. The first kappa shape index (κ1) is 28.6. The van der Waals surface area contributed by atoms with Crippen molar-refractivity contribution in [2.75, 3.05) is 19.8 Å². The summed E-state index contributed by atoms with van der Waals surface area (Å²) in [7, 11) is 0. The minimum Gasteiger partial charge on any atom is -0.388 e. The molecule has 1 heterocycles. The molecule has 0 amide bonds. The lowest BCUT2D eigenvalue weighted by Gasteiger charge is -2.20. The minimum absolute atomic E-state index is 0.0576. The van der Waals surface area contributed by atoms with Crippen LogP contribution in [0.2, 0.25) is 0 Å². The Kier molecular flexibility index (Phi) is 18.6. The van der Waals surface area contributed by atoms with Crippen LogP contribution in [-0.4, -0.2) is 59.6 Å². The number of unbranched alkanes of at least 4 members (excludes halogenated alkanes) is 15. The van der Waals surface area contributed by atoms with E-state index in [1.807, 2.05) is 6.08 Å². The third-order valence-electron chi connectivity index (χ3n) is 6.21. The first-order valence-corrected chi connectivity index (χ1v) is 13.0. The summed E-state index contributed by atoms with van der Waals surface area (Å²) in [5.74, 6) is 0. The molecule has 0 bridgehead atoms. The first-order chi connectivity index (χ1) is 15.2. The molecule has 1 fully saturated rings. The number of allylic oxidation sites excluding steroid dienone is 1. The summed E-state index contributed by atoms with van der Waals surface area (Å²) < 4.78 is 10.6. The highest BCUT2D eigenvalue weighted by molar-refractivity contribution is 4.88. The SMILES string of the molecule is CCCCCCCCCCCCCCCCC/C=C/COC[C@@H](O)[C@@H]1OC[C@H](O)[C@@H]1O. The third-order valence-corrected chi connectivity index (χ3v) is 6.21. The highest BCUT2D eigenvalue weighted by Crippen LogP contribution is 2.18. The molecule has 0 aromatic heterocycles. The van der Waals surface area contributed by atoms with Gasteiger partial charge in [0.15, 0.2) is 0 Å². The average Bonchev–Trinajstić information content (AvgIpc) is 3.10. The van der Waals surface area contributed by atoms with Gasteiger partial charge in [-0.3, -0.25) is 0 Å². The molecule has 1 rings (SSSR count). The van der Waals surface area contributed by atoms with Crippen LogP contribution in [0.3, 0.4) is 0 Å². The molecular weight excluding hydrogens is 392 g/mol. The summed E-state index contributed by atoms with van der Waals surface area (Å²) in [6, 6.07) is 0. The van der Waals surface area contributed by atoms with E-state index in [2.05, 4.69) is 13.0 Å². The van der Waals surface area contributed by atoms with Gasteiger partial charge in [0.2, 0.25) is 0 Å². The maximum absolute atomic E-state index is 9.94. The molecule has 0 aromatic rings. The molecule has 5 heteroatoms. The lowest BCUT2D eigenvalue weighted by molar-refractivity contribution is -0.0782. The van der Waals surface area contributed by atoms with Gasteiger partial charge in [0, 0.05) is 0 Å². The molecule has 0 aliphatic carbocycles. The van der Waals surface area contributed by atoms with Crippen LogP contribution in [0, 0.1) is 0 Å². The molecule has 1 saturated heterocycles. The van der Waals surface area contributed by atoms with Gasteiger partial charge in [0.25, 0.3) is 0 Å². The number of ether oxygens (including phenoxy) is 2. The van der Waals surface area contributed by atoms with E-state index in [0.29, 0.717) is 6.61 Å². The Hall–Kier alpha value is -0.460. The van der Waals surface area contributed by atoms with Crippen LogP contribution in [-0.2, 0) is 9.47 Å². The standard InChI is InChI=1S/C26H50O5/c1-2-3-4-5-6-7-8-9-10-11-12-13-14-15-16-17-18-19-20-30-21-24(28)26-25(29)23(27)22-31-26/h18-19,23-29H,2-17,20-22H2,1H3/b19-18+/t23-,24+,25-,26-/m0/s1. The van der Waals surface area contributed by atoms with E-state index >= 15 is 0 Å². The monoisotopic (exact) mass is 442 g/mol. The molecule has 5 nitrogen and oxygen atoms in total. The van der Waals surface area contributed by atoms with Gasteiger partial charge in [-0.15, -0.1) is 0 Å². The van der Waals surface area contributed by atoms with Crippen molar-refractivity contribution in [3.63, 3.8) is 0 Å². The van der Waals surface area contributed by atoms with Gasteiger partial charge >= 0.3 is 0 Å². The quantitative estimate of drug-likeness (QED) is 0.166.